The van der Waals surface area contributed by atoms with Crippen molar-refractivity contribution in [1.82, 2.24) is 4.98 Å². The fourth-order valence-corrected chi connectivity index (χ4v) is 1.29. The van der Waals surface area contributed by atoms with Crippen LogP contribution in [-0.2, 0) is 0 Å². The molecule has 1 aromatic heterocycles. The van der Waals surface area contributed by atoms with Crippen LogP contribution in [0.5, 0.6) is 0 Å². The zero-order chi connectivity index (χ0) is 10.9. The van der Waals surface area contributed by atoms with Gasteiger partial charge in [-0.3, -0.25) is 0 Å². The number of carboxylic acid groups (broad SMARTS) is 1. The van der Waals surface area contributed by atoms with E-state index in [2.05, 4.69) is 20.9 Å². The van der Waals surface area contributed by atoms with Crippen molar-refractivity contribution in [2.45, 2.75) is 6.43 Å². The van der Waals surface area contributed by atoms with E-state index >= 15 is 0 Å². The largest absolute Gasteiger partial charge is 0.476 e. The third-order valence-electron chi connectivity index (χ3n) is 1.40. The molecule has 0 aromatic carbocycles. The number of alkyl halides is 2. The molecule has 7 heteroatoms. The van der Waals surface area contributed by atoms with Crippen molar-refractivity contribution in [3.8, 4) is 0 Å². The summed E-state index contributed by atoms with van der Waals surface area (Å²) in [5.41, 5.74) is -1.39. The van der Waals surface area contributed by atoms with E-state index in [0.717, 1.165) is 6.07 Å². The van der Waals surface area contributed by atoms with E-state index in [4.69, 9.17) is 16.7 Å². The van der Waals surface area contributed by atoms with Crippen LogP contribution in [0.15, 0.2) is 10.5 Å². The smallest absolute Gasteiger partial charge is 0.355 e. The van der Waals surface area contributed by atoms with E-state index in [1.54, 1.807) is 0 Å². The summed E-state index contributed by atoms with van der Waals surface area (Å²) < 4.78 is 24.8. The number of halogens is 4. The van der Waals surface area contributed by atoms with Gasteiger partial charge in [-0.2, -0.15) is 0 Å². The molecule has 0 aliphatic heterocycles. The van der Waals surface area contributed by atoms with Gasteiger partial charge in [-0.15, -0.1) is 0 Å². The first kappa shape index (κ1) is 11.3. The first-order valence-electron chi connectivity index (χ1n) is 3.31. The fourth-order valence-electron chi connectivity index (χ4n) is 0.818. The Labute approximate surface area is 90.8 Å². The minimum absolute atomic E-state index is 0.138. The van der Waals surface area contributed by atoms with Gasteiger partial charge in [0.05, 0.1) is 10.0 Å². The molecule has 1 rings (SSSR count). The molecular weight excluding hydrogens is 283 g/mol. The van der Waals surface area contributed by atoms with Crippen LogP contribution in [0.3, 0.4) is 0 Å². The Morgan fingerprint density at radius 3 is 2.64 bits per heavy atom. The summed E-state index contributed by atoms with van der Waals surface area (Å²) in [4.78, 5) is 13.9. The minimum Gasteiger partial charge on any atom is -0.476 e. The average Bonchev–Trinajstić information content (AvgIpc) is 2.08. The Balaban J connectivity index is 3.39. The molecule has 1 heterocycles. The molecule has 14 heavy (non-hydrogen) atoms. The van der Waals surface area contributed by atoms with Gasteiger partial charge in [-0.25, -0.2) is 18.6 Å². The number of carboxylic acids is 1. The van der Waals surface area contributed by atoms with Gasteiger partial charge in [0, 0.05) is 0 Å². The predicted octanol–water partition coefficient (Wildman–Crippen LogP) is 3.13. The van der Waals surface area contributed by atoms with Crippen molar-refractivity contribution in [3.63, 3.8) is 0 Å². The van der Waals surface area contributed by atoms with Gasteiger partial charge in [0.25, 0.3) is 6.43 Å². The second-order valence-corrected chi connectivity index (χ2v) is 3.52. The maximum absolute atomic E-state index is 12.3. The molecule has 1 N–H and O–H groups in total. The average molecular weight is 286 g/mol. The molecule has 0 aliphatic rings. The standard InChI is InChI=1S/C7H3BrClF2NO2/c8-3-1-2(6(10)11)4(7(13)14)12-5(3)9/h1,6H,(H,13,14). The number of carbonyl (C=O) groups is 1. The van der Waals surface area contributed by atoms with Crippen molar-refractivity contribution >= 4 is 33.5 Å². The van der Waals surface area contributed by atoms with E-state index in [1.807, 2.05) is 0 Å². The van der Waals surface area contributed by atoms with E-state index in [0.29, 0.717) is 0 Å². The lowest BCUT2D eigenvalue weighted by Crippen LogP contribution is -2.06. The molecule has 76 valence electrons. The highest BCUT2D eigenvalue weighted by Gasteiger charge is 2.21. The molecule has 0 amide bonds. The molecule has 0 spiro atoms. The fraction of sp³-hybridized carbons (Fsp3) is 0.143. The molecule has 0 radical (unpaired) electrons. The Morgan fingerprint density at radius 1 is 1.64 bits per heavy atom. The number of pyridine rings is 1. The third kappa shape index (κ3) is 2.19. The lowest BCUT2D eigenvalue weighted by molar-refractivity contribution is 0.0677. The maximum Gasteiger partial charge on any atom is 0.355 e. The normalized spacial score (nSPS) is 10.6. The SMILES string of the molecule is O=C(O)c1nc(Cl)c(Br)cc1C(F)F. The maximum atomic E-state index is 12.3. The number of hydrogen-bond acceptors (Lipinski definition) is 2. The number of aromatic nitrogens is 1. The van der Waals surface area contributed by atoms with Gasteiger partial charge < -0.3 is 5.11 Å². The highest BCUT2D eigenvalue weighted by molar-refractivity contribution is 9.10. The van der Waals surface area contributed by atoms with Crippen LogP contribution in [0, 0.1) is 0 Å². The summed E-state index contributed by atoms with van der Waals surface area (Å²) in [5.74, 6) is -1.53. The molecule has 3 nitrogen and oxygen atoms in total. The van der Waals surface area contributed by atoms with Crippen LogP contribution >= 0.6 is 27.5 Å². The first-order valence-corrected chi connectivity index (χ1v) is 4.48. The van der Waals surface area contributed by atoms with Crippen LogP contribution in [-0.4, -0.2) is 16.1 Å². The van der Waals surface area contributed by atoms with Crippen LogP contribution in [0.4, 0.5) is 8.78 Å². The number of aromatic carboxylic acids is 1. The highest BCUT2D eigenvalue weighted by atomic mass is 79.9. The monoisotopic (exact) mass is 285 g/mol. The first-order chi connectivity index (χ1) is 6.43. The molecular formula is C7H3BrClF2NO2. The van der Waals surface area contributed by atoms with E-state index in [9.17, 15) is 13.6 Å². The zero-order valence-corrected chi connectivity index (χ0v) is 8.81. The Kier molecular flexibility index (Phi) is 3.38. The molecule has 0 atom stereocenters. The summed E-state index contributed by atoms with van der Waals surface area (Å²) in [6, 6.07) is 0.948. The van der Waals surface area contributed by atoms with Crippen molar-refractivity contribution in [1.29, 1.82) is 0 Å². The lowest BCUT2D eigenvalue weighted by atomic mass is 10.2. The second kappa shape index (κ2) is 4.18. The zero-order valence-electron chi connectivity index (χ0n) is 6.47. The number of rotatable bonds is 2. The van der Waals surface area contributed by atoms with Crippen molar-refractivity contribution in [3.05, 3.63) is 26.9 Å². The topological polar surface area (TPSA) is 50.2 Å². The van der Waals surface area contributed by atoms with Gasteiger partial charge in [-0.1, -0.05) is 11.6 Å². The molecule has 0 saturated heterocycles. The van der Waals surface area contributed by atoms with Gasteiger partial charge in [0.2, 0.25) is 0 Å². The van der Waals surface area contributed by atoms with Crippen LogP contribution < -0.4 is 0 Å². The van der Waals surface area contributed by atoms with E-state index in [-0.39, 0.29) is 9.63 Å². The number of nitrogens with zero attached hydrogens (tertiary/aromatic N) is 1. The molecule has 1 aromatic rings. The molecule has 0 bridgehead atoms. The second-order valence-electron chi connectivity index (χ2n) is 2.30. The van der Waals surface area contributed by atoms with Crippen molar-refractivity contribution in [2.24, 2.45) is 0 Å². The molecule has 0 saturated carbocycles. The van der Waals surface area contributed by atoms with Crippen LogP contribution in [0.25, 0.3) is 0 Å². The summed E-state index contributed by atoms with van der Waals surface area (Å²) in [5, 5.41) is 8.40. The highest BCUT2D eigenvalue weighted by Crippen LogP contribution is 2.29. The lowest BCUT2D eigenvalue weighted by Gasteiger charge is -2.05. The van der Waals surface area contributed by atoms with Gasteiger partial charge in [-0.05, 0) is 22.0 Å². The molecule has 0 unspecified atom stereocenters. The number of hydrogen-bond donors (Lipinski definition) is 1. The minimum atomic E-state index is -2.90. The molecule has 0 fully saturated rings. The summed E-state index contributed by atoms with van der Waals surface area (Å²) >= 11 is 8.35. The Hall–Kier alpha value is -0.750. The Bertz CT molecular complexity index is 386. The van der Waals surface area contributed by atoms with Gasteiger partial charge >= 0.3 is 5.97 Å². The Morgan fingerprint density at radius 2 is 2.21 bits per heavy atom. The van der Waals surface area contributed by atoms with Crippen molar-refractivity contribution in [2.75, 3.05) is 0 Å². The van der Waals surface area contributed by atoms with E-state index < -0.39 is 23.7 Å². The van der Waals surface area contributed by atoms with Gasteiger partial charge in [0.1, 0.15) is 5.15 Å². The third-order valence-corrected chi connectivity index (χ3v) is 2.52. The van der Waals surface area contributed by atoms with Gasteiger partial charge in [0.15, 0.2) is 5.69 Å². The summed E-state index contributed by atoms with van der Waals surface area (Å²) in [7, 11) is 0. The molecule has 0 aliphatic carbocycles. The van der Waals surface area contributed by atoms with Crippen LogP contribution in [0.1, 0.15) is 22.5 Å². The summed E-state index contributed by atoms with van der Waals surface area (Å²) in [6.07, 6.45) is -2.90. The van der Waals surface area contributed by atoms with Crippen molar-refractivity contribution < 1.29 is 18.7 Å². The van der Waals surface area contributed by atoms with Crippen LogP contribution in [0.2, 0.25) is 5.15 Å². The quantitative estimate of drug-likeness (QED) is 0.850. The predicted molar refractivity (Wildman–Crippen MR) is 48.9 cm³/mol. The summed E-state index contributed by atoms with van der Waals surface area (Å²) in [6.45, 7) is 0. The van der Waals surface area contributed by atoms with E-state index in [1.165, 1.54) is 0 Å².